The molecule has 2 aromatic carbocycles. The van der Waals surface area contributed by atoms with Gasteiger partial charge in [0.05, 0.1) is 48.0 Å². The van der Waals surface area contributed by atoms with Crippen LogP contribution in [-0.4, -0.2) is 77.5 Å². The first-order chi connectivity index (χ1) is 19.1. The maximum atomic E-state index is 13.2. The number of halogens is 1. The van der Waals surface area contributed by atoms with Crippen LogP contribution < -0.4 is 5.32 Å². The SMILES string of the molecule is CCc1c(C(=O)Nc2ccc(CCN3CCC(N4CCOCC4)CC3)c(C#N)c2)cnn1-c1ccc(Cl)cc1. The van der Waals surface area contributed by atoms with E-state index in [1.54, 1.807) is 29.1 Å². The van der Waals surface area contributed by atoms with Crippen molar-refractivity contribution in [3.63, 3.8) is 0 Å². The first-order valence-electron chi connectivity index (χ1n) is 13.8. The zero-order valence-electron chi connectivity index (χ0n) is 22.4. The topological polar surface area (TPSA) is 86.4 Å². The fraction of sp³-hybridized carbons (Fsp3) is 0.433. The van der Waals surface area contributed by atoms with Crippen LogP contribution in [0.15, 0.2) is 48.7 Å². The minimum atomic E-state index is -0.244. The van der Waals surface area contributed by atoms with Gasteiger partial charge in [0, 0.05) is 36.4 Å². The molecular weight excluding hydrogens is 512 g/mol. The molecule has 204 valence electrons. The van der Waals surface area contributed by atoms with Crippen LogP contribution in [0.4, 0.5) is 5.69 Å². The number of morpholine rings is 1. The van der Waals surface area contributed by atoms with Crippen molar-refractivity contribution in [3.05, 3.63) is 76.1 Å². The third-order valence-corrected chi connectivity index (χ3v) is 8.08. The highest BCUT2D eigenvalue weighted by Gasteiger charge is 2.26. The molecule has 0 bridgehead atoms. The molecule has 2 aliphatic heterocycles. The Kier molecular flexibility index (Phi) is 8.95. The van der Waals surface area contributed by atoms with E-state index in [-0.39, 0.29) is 5.91 Å². The van der Waals surface area contributed by atoms with Crippen LogP contribution in [0, 0.1) is 11.3 Å². The van der Waals surface area contributed by atoms with Gasteiger partial charge in [0.2, 0.25) is 0 Å². The van der Waals surface area contributed by atoms with Crippen molar-refractivity contribution in [3.8, 4) is 11.8 Å². The predicted octanol–water partition coefficient (Wildman–Crippen LogP) is 4.55. The van der Waals surface area contributed by atoms with Gasteiger partial charge in [0.25, 0.3) is 5.91 Å². The van der Waals surface area contributed by atoms with Crippen molar-refractivity contribution < 1.29 is 9.53 Å². The number of piperidine rings is 1. The predicted molar refractivity (Wildman–Crippen MR) is 153 cm³/mol. The van der Waals surface area contributed by atoms with Gasteiger partial charge >= 0.3 is 0 Å². The summed E-state index contributed by atoms with van der Waals surface area (Å²) >= 11 is 6.02. The van der Waals surface area contributed by atoms with E-state index in [0.717, 1.165) is 69.3 Å². The summed E-state index contributed by atoms with van der Waals surface area (Å²) in [5, 5.41) is 17.9. The van der Waals surface area contributed by atoms with Crippen LogP contribution in [0.1, 0.15) is 46.9 Å². The van der Waals surface area contributed by atoms with E-state index in [0.29, 0.717) is 34.3 Å². The molecule has 1 N–H and O–H groups in total. The second-order valence-electron chi connectivity index (χ2n) is 10.2. The Morgan fingerprint density at radius 2 is 1.87 bits per heavy atom. The number of amides is 1. The first-order valence-corrected chi connectivity index (χ1v) is 14.1. The highest BCUT2D eigenvalue weighted by atomic mass is 35.5. The fourth-order valence-electron chi connectivity index (χ4n) is 5.61. The lowest BCUT2D eigenvalue weighted by Gasteiger charge is -2.40. The summed E-state index contributed by atoms with van der Waals surface area (Å²) < 4.78 is 7.26. The number of likely N-dealkylation sites (tertiary alicyclic amines) is 1. The molecule has 3 aromatic rings. The summed E-state index contributed by atoms with van der Waals surface area (Å²) in [5.74, 6) is -0.244. The van der Waals surface area contributed by atoms with Gasteiger partial charge in [-0.2, -0.15) is 10.4 Å². The smallest absolute Gasteiger partial charge is 0.259 e. The molecule has 0 saturated carbocycles. The second kappa shape index (κ2) is 12.8. The Morgan fingerprint density at radius 3 is 2.56 bits per heavy atom. The fourth-order valence-corrected chi connectivity index (χ4v) is 5.74. The van der Waals surface area contributed by atoms with Gasteiger partial charge in [0.15, 0.2) is 0 Å². The average molecular weight is 547 g/mol. The first kappa shape index (κ1) is 27.4. The summed E-state index contributed by atoms with van der Waals surface area (Å²) in [7, 11) is 0. The van der Waals surface area contributed by atoms with Gasteiger partial charge < -0.3 is 15.0 Å². The Labute approximate surface area is 235 Å². The van der Waals surface area contributed by atoms with Gasteiger partial charge in [-0.3, -0.25) is 9.69 Å². The molecule has 0 atom stereocenters. The third-order valence-electron chi connectivity index (χ3n) is 7.82. The summed E-state index contributed by atoms with van der Waals surface area (Å²) in [4.78, 5) is 18.2. The van der Waals surface area contributed by atoms with Crippen LogP contribution in [0.5, 0.6) is 0 Å². The molecule has 0 radical (unpaired) electrons. The molecule has 2 aliphatic rings. The minimum absolute atomic E-state index is 0.244. The van der Waals surface area contributed by atoms with Gasteiger partial charge in [-0.25, -0.2) is 4.68 Å². The molecule has 5 rings (SSSR count). The standard InChI is InChI=1S/C30H35ClN6O2/c1-2-29-28(21-33-37(29)27-7-4-24(31)5-8-27)30(38)34-25-6-3-22(23(19-25)20-32)9-12-35-13-10-26(11-14-35)36-15-17-39-18-16-36/h3-8,19,21,26H,2,9-18H2,1H3,(H,34,38). The van der Waals surface area contributed by atoms with Crippen molar-refractivity contribution in [1.82, 2.24) is 19.6 Å². The number of aromatic nitrogens is 2. The van der Waals surface area contributed by atoms with Gasteiger partial charge in [-0.1, -0.05) is 24.6 Å². The number of nitrogens with one attached hydrogen (secondary N) is 1. The van der Waals surface area contributed by atoms with E-state index < -0.39 is 0 Å². The Morgan fingerprint density at radius 1 is 1.13 bits per heavy atom. The number of nitriles is 1. The average Bonchev–Trinajstić information content (AvgIpc) is 3.42. The zero-order valence-corrected chi connectivity index (χ0v) is 23.2. The summed E-state index contributed by atoms with van der Waals surface area (Å²) in [6, 6.07) is 16.0. The van der Waals surface area contributed by atoms with Crippen LogP contribution in [0.25, 0.3) is 5.69 Å². The molecule has 2 saturated heterocycles. The molecule has 1 amide bonds. The monoisotopic (exact) mass is 546 g/mol. The Balaban J connectivity index is 1.19. The molecule has 0 unspecified atom stereocenters. The lowest BCUT2D eigenvalue weighted by atomic mass is 10.0. The lowest BCUT2D eigenvalue weighted by Crippen LogP contribution is -2.49. The molecular formula is C30H35ClN6O2. The van der Waals surface area contributed by atoms with E-state index in [1.165, 1.54) is 12.8 Å². The molecule has 2 fully saturated rings. The maximum absolute atomic E-state index is 13.2. The molecule has 1 aromatic heterocycles. The largest absolute Gasteiger partial charge is 0.379 e. The van der Waals surface area contributed by atoms with Crippen LogP contribution >= 0.6 is 11.6 Å². The van der Waals surface area contributed by atoms with Gasteiger partial charge in [0.1, 0.15) is 0 Å². The number of benzene rings is 2. The quantitative estimate of drug-likeness (QED) is 0.446. The summed E-state index contributed by atoms with van der Waals surface area (Å²) in [6.45, 7) is 8.88. The van der Waals surface area contributed by atoms with Crippen molar-refractivity contribution >= 4 is 23.2 Å². The number of hydrogen-bond donors (Lipinski definition) is 1. The highest BCUT2D eigenvalue weighted by Crippen LogP contribution is 2.22. The Hall–Kier alpha value is -3.22. The number of rotatable bonds is 8. The summed E-state index contributed by atoms with van der Waals surface area (Å²) in [5.41, 5.74) is 4.38. The minimum Gasteiger partial charge on any atom is -0.379 e. The van der Waals surface area contributed by atoms with E-state index in [2.05, 4.69) is 26.3 Å². The number of nitrogens with zero attached hydrogens (tertiary/aromatic N) is 5. The van der Waals surface area contributed by atoms with E-state index >= 15 is 0 Å². The molecule has 0 spiro atoms. The zero-order chi connectivity index (χ0) is 27.2. The van der Waals surface area contributed by atoms with Crippen LogP contribution in [-0.2, 0) is 17.6 Å². The van der Waals surface area contributed by atoms with Crippen molar-refractivity contribution in [1.29, 1.82) is 5.26 Å². The van der Waals surface area contributed by atoms with Crippen molar-refractivity contribution in [2.45, 2.75) is 38.6 Å². The molecule has 8 nitrogen and oxygen atoms in total. The van der Waals surface area contributed by atoms with Crippen LogP contribution in [0.3, 0.4) is 0 Å². The number of hydrogen-bond acceptors (Lipinski definition) is 6. The van der Waals surface area contributed by atoms with Crippen molar-refractivity contribution in [2.75, 3.05) is 51.3 Å². The van der Waals surface area contributed by atoms with E-state index in [9.17, 15) is 10.1 Å². The van der Waals surface area contributed by atoms with Crippen molar-refractivity contribution in [2.24, 2.45) is 0 Å². The van der Waals surface area contributed by atoms with Crippen LogP contribution in [0.2, 0.25) is 5.02 Å². The van der Waals surface area contributed by atoms with Gasteiger partial charge in [-0.15, -0.1) is 0 Å². The molecule has 3 heterocycles. The Bertz CT molecular complexity index is 1320. The highest BCUT2D eigenvalue weighted by molar-refractivity contribution is 6.30. The maximum Gasteiger partial charge on any atom is 0.259 e. The number of ether oxygens (including phenoxy) is 1. The van der Waals surface area contributed by atoms with E-state index in [4.69, 9.17) is 16.3 Å². The number of carbonyl (C=O) groups excluding carboxylic acids is 1. The second-order valence-corrected chi connectivity index (χ2v) is 10.6. The molecule has 0 aliphatic carbocycles. The molecule has 9 heteroatoms. The number of anilines is 1. The lowest BCUT2D eigenvalue weighted by molar-refractivity contribution is 0.00101. The normalized spacial score (nSPS) is 17.2. The van der Waals surface area contributed by atoms with E-state index in [1.807, 2.05) is 31.2 Å². The van der Waals surface area contributed by atoms with Gasteiger partial charge in [-0.05, 0) is 80.7 Å². The number of carbonyl (C=O) groups is 1. The summed E-state index contributed by atoms with van der Waals surface area (Å²) in [6.07, 6.45) is 5.41. The third kappa shape index (κ3) is 6.51. The molecule has 39 heavy (non-hydrogen) atoms.